The Bertz CT molecular complexity index is 914. The standard InChI is InChI=1S/C41H79N2O7P/c1-3-5-7-9-11-13-15-16-17-18-19-20-21-22-23-24-26-28-30-32-38(44)36-41(46)43-39(37-50-51(47,48)49-35-34-42)40(45)33-31-29-27-25-14-12-10-8-6-4-2/h5,7,11,13,31,33,38-40,44-45H,3-4,6,8-10,12,14-30,32,34-37,42H2,1-2H3,(H,43,46)(H,47,48)/b7-5-,13-11-,33-31+. The van der Waals surface area contributed by atoms with E-state index in [-0.39, 0.29) is 19.6 Å². The van der Waals surface area contributed by atoms with Crippen LogP contribution in [0.25, 0.3) is 0 Å². The highest BCUT2D eigenvalue weighted by molar-refractivity contribution is 7.47. The molecule has 4 atom stereocenters. The zero-order chi connectivity index (χ0) is 37.7. The monoisotopic (exact) mass is 743 g/mol. The lowest BCUT2D eigenvalue weighted by atomic mass is 10.0. The third-order valence-corrected chi connectivity index (χ3v) is 10.0. The summed E-state index contributed by atoms with van der Waals surface area (Å²) in [4.78, 5) is 22.7. The van der Waals surface area contributed by atoms with Crippen molar-refractivity contribution in [2.75, 3.05) is 19.8 Å². The van der Waals surface area contributed by atoms with Crippen molar-refractivity contribution >= 4 is 13.7 Å². The molecule has 9 nitrogen and oxygen atoms in total. The van der Waals surface area contributed by atoms with Gasteiger partial charge in [-0.05, 0) is 44.9 Å². The quantitative estimate of drug-likeness (QED) is 0.0238. The van der Waals surface area contributed by atoms with Gasteiger partial charge in [-0.15, -0.1) is 0 Å². The number of aliphatic hydroxyl groups is 2. The van der Waals surface area contributed by atoms with Crippen molar-refractivity contribution in [3.05, 3.63) is 36.5 Å². The van der Waals surface area contributed by atoms with Crippen LogP contribution >= 0.6 is 7.82 Å². The number of hydrogen-bond acceptors (Lipinski definition) is 7. The van der Waals surface area contributed by atoms with E-state index in [9.17, 15) is 24.5 Å². The SMILES string of the molecule is CC/C=C\C/C=C\CCCCCCCCCCCCCCC(O)CC(=O)NC(COP(=O)(O)OCCN)C(O)/C=C/CCCCCCCCCC. The number of hydrogen-bond donors (Lipinski definition) is 5. The maximum absolute atomic E-state index is 12.8. The molecule has 0 aliphatic rings. The van der Waals surface area contributed by atoms with Gasteiger partial charge in [0.2, 0.25) is 5.91 Å². The van der Waals surface area contributed by atoms with Gasteiger partial charge in [0, 0.05) is 6.54 Å². The molecule has 6 N–H and O–H groups in total. The highest BCUT2D eigenvalue weighted by Crippen LogP contribution is 2.43. The van der Waals surface area contributed by atoms with Crippen molar-refractivity contribution in [1.82, 2.24) is 5.32 Å². The lowest BCUT2D eigenvalue weighted by Gasteiger charge is -2.24. The largest absolute Gasteiger partial charge is 0.472 e. The van der Waals surface area contributed by atoms with Crippen LogP contribution in [-0.2, 0) is 18.4 Å². The number of carbonyl (C=O) groups is 1. The molecule has 0 heterocycles. The summed E-state index contributed by atoms with van der Waals surface area (Å²) < 4.78 is 22.0. The number of unbranched alkanes of at least 4 members (excludes halogenated alkanes) is 20. The van der Waals surface area contributed by atoms with Crippen LogP contribution in [0.3, 0.4) is 0 Å². The van der Waals surface area contributed by atoms with E-state index in [0.717, 1.165) is 51.4 Å². The number of aliphatic hydroxyl groups excluding tert-OH is 2. The molecular weight excluding hydrogens is 663 g/mol. The first kappa shape index (κ1) is 49.7. The van der Waals surface area contributed by atoms with Gasteiger partial charge in [-0.1, -0.05) is 166 Å². The van der Waals surface area contributed by atoms with E-state index in [1.807, 2.05) is 6.08 Å². The van der Waals surface area contributed by atoms with Crippen LogP contribution in [0.15, 0.2) is 36.5 Å². The highest BCUT2D eigenvalue weighted by Gasteiger charge is 2.27. The summed E-state index contributed by atoms with van der Waals surface area (Å²) in [7, 11) is -4.39. The summed E-state index contributed by atoms with van der Waals surface area (Å²) in [6, 6.07) is -0.980. The number of phosphoric acid groups is 1. The molecule has 0 aliphatic carbocycles. The van der Waals surface area contributed by atoms with E-state index < -0.39 is 38.6 Å². The summed E-state index contributed by atoms with van der Waals surface area (Å²) in [5.41, 5.74) is 5.35. The maximum atomic E-state index is 12.8. The second kappa shape index (κ2) is 37.0. The smallest absolute Gasteiger partial charge is 0.393 e. The summed E-state index contributed by atoms with van der Waals surface area (Å²) in [5.74, 6) is -0.449. The second-order valence-corrected chi connectivity index (χ2v) is 15.5. The highest BCUT2D eigenvalue weighted by atomic mass is 31.2. The average Bonchev–Trinajstić information content (AvgIpc) is 3.10. The predicted molar refractivity (Wildman–Crippen MR) is 214 cm³/mol. The normalized spacial score (nSPS) is 15.2. The molecule has 0 aliphatic heterocycles. The van der Waals surface area contributed by atoms with Crippen LogP contribution in [0.1, 0.15) is 181 Å². The average molecular weight is 743 g/mol. The molecule has 0 fully saturated rings. The van der Waals surface area contributed by atoms with E-state index in [1.165, 1.54) is 103 Å². The molecule has 51 heavy (non-hydrogen) atoms. The van der Waals surface area contributed by atoms with E-state index >= 15 is 0 Å². The number of nitrogens with two attached hydrogens (primary N) is 1. The topological polar surface area (TPSA) is 151 Å². The van der Waals surface area contributed by atoms with Crippen molar-refractivity contribution in [1.29, 1.82) is 0 Å². The van der Waals surface area contributed by atoms with Gasteiger partial charge in [0.25, 0.3) is 0 Å². The molecule has 0 aromatic carbocycles. The summed E-state index contributed by atoms with van der Waals surface area (Å²) >= 11 is 0. The molecule has 0 spiro atoms. The number of amides is 1. The Labute approximate surface area is 312 Å². The summed E-state index contributed by atoms with van der Waals surface area (Å²) in [6.45, 7) is 3.84. The lowest BCUT2D eigenvalue weighted by Crippen LogP contribution is -2.46. The third-order valence-electron chi connectivity index (χ3n) is 9.03. The Hall–Kier alpha value is -1.32. The molecular formula is C41H79N2O7P. The molecule has 0 saturated carbocycles. The number of allylic oxidation sites excluding steroid dienone is 5. The van der Waals surface area contributed by atoms with Gasteiger partial charge in [0.1, 0.15) is 0 Å². The fourth-order valence-corrected chi connectivity index (χ4v) is 6.68. The second-order valence-electron chi connectivity index (χ2n) is 14.0. The minimum atomic E-state index is -4.39. The molecule has 300 valence electrons. The van der Waals surface area contributed by atoms with Crippen molar-refractivity contribution in [2.45, 2.75) is 199 Å². The van der Waals surface area contributed by atoms with Gasteiger partial charge in [0.05, 0.1) is 37.9 Å². The van der Waals surface area contributed by atoms with Crippen LogP contribution in [0.5, 0.6) is 0 Å². The van der Waals surface area contributed by atoms with E-state index in [2.05, 4.69) is 43.5 Å². The van der Waals surface area contributed by atoms with Gasteiger partial charge >= 0.3 is 7.82 Å². The third kappa shape index (κ3) is 35.5. The fraction of sp³-hybridized carbons (Fsp3) is 0.829. The molecule has 1 amide bonds. The predicted octanol–water partition coefficient (Wildman–Crippen LogP) is 10.1. The van der Waals surface area contributed by atoms with E-state index in [1.54, 1.807) is 6.08 Å². The number of phosphoric ester groups is 1. The van der Waals surface area contributed by atoms with Crippen LogP contribution < -0.4 is 11.1 Å². The Morgan fingerprint density at radius 2 is 1.22 bits per heavy atom. The van der Waals surface area contributed by atoms with Crippen molar-refractivity contribution in [3.8, 4) is 0 Å². The van der Waals surface area contributed by atoms with Crippen molar-refractivity contribution in [3.63, 3.8) is 0 Å². The van der Waals surface area contributed by atoms with Gasteiger partial charge in [0.15, 0.2) is 0 Å². The number of rotatable bonds is 38. The van der Waals surface area contributed by atoms with E-state index in [4.69, 9.17) is 14.8 Å². The zero-order valence-electron chi connectivity index (χ0n) is 32.7. The fourth-order valence-electron chi connectivity index (χ4n) is 5.92. The molecule has 0 saturated heterocycles. The molecule has 10 heteroatoms. The first-order valence-electron chi connectivity index (χ1n) is 20.7. The van der Waals surface area contributed by atoms with Gasteiger partial charge in [-0.2, -0.15) is 0 Å². The van der Waals surface area contributed by atoms with Crippen LogP contribution in [-0.4, -0.2) is 59.0 Å². The Morgan fingerprint density at radius 3 is 1.76 bits per heavy atom. The summed E-state index contributed by atoms with van der Waals surface area (Å²) in [6.07, 6.45) is 39.5. The lowest BCUT2D eigenvalue weighted by molar-refractivity contribution is -0.124. The van der Waals surface area contributed by atoms with Gasteiger partial charge in [-0.25, -0.2) is 4.57 Å². The van der Waals surface area contributed by atoms with Gasteiger partial charge < -0.3 is 26.2 Å². The van der Waals surface area contributed by atoms with Crippen molar-refractivity contribution < 1.29 is 33.5 Å². The number of carbonyl (C=O) groups excluding carboxylic acids is 1. The minimum absolute atomic E-state index is 0.0486. The van der Waals surface area contributed by atoms with Crippen LogP contribution in [0, 0.1) is 0 Å². The molecule has 4 unspecified atom stereocenters. The Kier molecular flexibility index (Phi) is 36.1. The molecule has 0 aromatic rings. The first-order valence-corrected chi connectivity index (χ1v) is 22.2. The van der Waals surface area contributed by atoms with E-state index in [0.29, 0.717) is 6.42 Å². The van der Waals surface area contributed by atoms with Crippen molar-refractivity contribution in [2.24, 2.45) is 5.73 Å². The number of nitrogens with one attached hydrogen (secondary N) is 1. The Morgan fingerprint density at radius 1 is 0.706 bits per heavy atom. The molecule has 0 bridgehead atoms. The summed E-state index contributed by atoms with van der Waals surface area (Å²) in [5, 5.41) is 24.0. The van der Waals surface area contributed by atoms with Crippen LogP contribution in [0.4, 0.5) is 0 Å². The molecule has 0 radical (unpaired) electrons. The molecule has 0 aromatic heterocycles. The first-order chi connectivity index (χ1) is 24.8. The maximum Gasteiger partial charge on any atom is 0.472 e. The Balaban J connectivity index is 4.23. The minimum Gasteiger partial charge on any atom is -0.393 e. The molecule has 0 rings (SSSR count). The van der Waals surface area contributed by atoms with Gasteiger partial charge in [-0.3, -0.25) is 13.8 Å². The zero-order valence-corrected chi connectivity index (χ0v) is 33.6. The van der Waals surface area contributed by atoms with Crippen LogP contribution in [0.2, 0.25) is 0 Å².